The van der Waals surface area contributed by atoms with E-state index in [0.717, 1.165) is 43.3 Å². The summed E-state index contributed by atoms with van der Waals surface area (Å²) in [7, 11) is 1.53. The molecule has 3 rings (SSSR count). The van der Waals surface area contributed by atoms with E-state index in [4.69, 9.17) is 4.74 Å². The molecule has 1 aliphatic carbocycles. The van der Waals surface area contributed by atoms with Crippen LogP contribution >= 0.6 is 0 Å². The second-order valence-corrected chi connectivity index (χ2v) is 7.95. The molecule has 2 fully saturated rings. The molecule has 1 aromatic rings. The molecule has 140 valence electrons. The van der Waals surface area contributed by atoms with Crippen molar-refractivity contribution >= 4 is 0 Å². The summed E-state index contributed by atoms with van der Waals surface area (Å²) in [6.45, 7) is 6.77. The quantitative estimate of drug-likeness (QED) is 0.723. The van der Waals surface area contributed by atoms with Gasteiger partial charge in [0.1, 0.15) is 5.75 Å². The van der Waals surface area contributed by atoms with Gasteiger partial charge in [0.15, 0.2) is 11.6 Å². The number of benzene rings is 1. The SMILES string of the molecule is CC[C@@H]1CC[C@@H](C)[C@@H](N2CCC(c3cc(F)c(F)cc3OC)CC2)C1. The van der Waals surface area contributed by atoms with Crippen molar-refractivity contribution in [3.63, 3.8) is 0 Å². The number of halogens is 2. The third kappa shape index (κ3) is 3.99. The number of methoxy groups -OCH3 is 1. The van der Waals surface area contributed by atoms with Crippen LogP contribution in [0.3, 0.4) is 0 Å². The minimum absolute atomic E-state index is 0.252. The predicted molar refractivity (Wildman–Crippen MR) is 97.0 cm³/mol. The first kappa shape index (κ1) is 18.6. The molecular formula is C21H31F2NO. The van der Waals surface area contributed by atoms with Crippen molar-refractivity contribution in [2.75, 3.05) is 20.2 Å². The minimum Gasteiger partial charge on any atom is -0.496 e. The summed E-state index contributed by atoms with van der Waals surface area (Å²) >= 11 is 0. The molecule has 0 bridgehead atoms. The van der Waals surface area contributed by atoms with Crippen LogP contribution in [0.2, 0.25) is 0 Å². The molecule has 0 unspecified atom stereocenters. The Balaban J connectivity index is 1.67. The van der Waals surface area contributed by atoms with E-state index in [1.165, 1.54) is 44.9 Å². The zero-order valence-corrected chi connectivity index (χ0v) is 15.7. The molecule has 0 amide bonds. The Morgan fingerprint density at radius 1 is 1.08 bits per heavy atom. The number of hydrogen-bond donors (Lipinski definition) is 0. The third-order valence-corrected chi connectivity index (χ3v) is 6.55. The van der Waals surface area contributed by atoms with Crippen LogP contribution in [-0.4, -0.2) is 31.1 Å². The Labute approximate surface area is 150 Å². The van der Waals surface area contributed by atoms with Crippen molar-refractivity contribution in [1.29, 1.82) is 0 Å². The Morgan fingerprint density at radius 3 is 2.40 bits per heavy atom. The van der Waals surface area contributed by atoms with Gasteiger partial charge in [0.05, 0.1) is 7.11 Å². The van der Waals surface area contributed by atoms with Crippen LogP contribution in [0.4, 0.5) is 8.78 Å². The zero-order valence-electron chi connectivity index (χ0n) is 15.7. The van der Waals surface area contributed by atoms with Gasteiger partial charge in [0, 0.05) is 17.7 Å². The average molecular weight is 351 g/mol. The van der Waals surface area contributed by atoms with E-state index in [9.17, 15) is 8.78 Å². The van der Waals surface area contributed by atoms with Crippen molar-refractivity contribution < 1.29 is 13.5 Å². The van der Waals surface area contributed by atoms with Crippen LogP contribution in [0.1, 0.15) is 63.9 Å². The number of piperidine rings is 1. The van der Waals surface area contributed by atoms with Gasteiger partial charge >= 0.3 is 0 Å². The number of ether oxygens (including phenoxy) is 1. The molecule has 4 heteroatoms. The maximum absolute atomic E-state index is 13.7. The lowest BCUT2D eigenvalue weighted by Gasteiger charge is -2.44. The first-order chi connectivity index (χ1) is 12.0. The lowest BCUT2D eigenvalue weighted by molar-refractivity contribution is 0.0639. The Morgan fingerprint density at radius 2 is 1.76 bits per heavy atom. The summed E-state index contributed by atoms with van der Waals surface area (Å²) in [5.41, 5.74) is 0.823. The topological polar surface area (TPSA) is 12.5 Å². The van der Waals surface area contributed by atoms with E-state index in [2.05, 4.69) is 18.7 Å². The minimum atomic E-state index is -0.834. The van der Waals surface area contributed by atoms with E-state index in [-0.39, 0.29) is 5.92 Å². The Kier molecular flexibility index (Phi) is 5.98. The zero-order chi connectivity index (χ0) is 18.0. The molecule has 0 N–H and O–H groups in total. The lowest BCUT2D eigenvalue weighted by Crippen LogP contribution is -2.47. The summed E-state index contributed by atoms with van der Waals surface area (Å²) in [4.78, 5) is 2.65. The van der Waals surface area contributed by atoms with Gasteiger partial charge in [-0.05, 0) is 62.6 Å². The van der Waals surface area contributed by atoms with E-state index in [1.54, 1.807) is 0 Å². The fourth-order valence-corrected chi connectivity index (χ4v) is 4.84. The molecule has 2 nitrogen and oxygen atoms in total. The molecule has 1 saturated carbocycles. The van der Waals surface area contributed by atoms with E-state index < -0.39 is 11.6 Å². The summed E-state index contributed by atoms with van der Waals surface area (Å²) in [5, 5.41) is 0. The fourth-order valence-electron chi connectivity index (χ4n) is 4.84. The van der Waals surface area contributed by atoms with Gasteiger partial charge in [-0.3, -0.25) is 0 Å². The van der Waals surface area contributed by atoms with Gasteiger partial charge in [-0.15, -0.1) is 0 Å². The molecule has 3 atom stereocenters. The molecular weight excluding hydrogens is 320 g/mol. The van der Waals surface area contributed by atoms with E-state index >= 15 is 0 Å². The van der Waals surface area contributed by atoms with Crippen molar-refractivity contribution in [2.24, 2.45) is 11.8 Å². The molecule has 1 aromatic carbocycles. The molecule has 0 aromatic heterocycles. The van der Waals surface area contributed by atoms with Crippen molar-refractivity contribution in [2.45, 2.75) is 64.3 Å². The smallest absolute Gasteiger partial charge is 0.162 e. The maximum atomic E-state index is 13.7. The normalized spacial score (nSPS) is 28.9. The highest BCUT2D eigenvalue weighted by atomic mass is 19.2. The first-order valence-electron chi connectivity index (χ1n) is 9.80. The Bertz CT molecular complexity index is 584. The predicted octanol–water partition coefficient (Wildman–Crippen LogP) is 5.37. The average Bonchev–Trinajstić information content (AvgIpc) is 2.64. The van der Waals surface area contributed by atoms with E-state index in [1.807, 2.05) is 0 Å². The third-order valence-electron chi connectivity index (χ3n) is 6.55. The molecule has 1 heterocycles. The maximum Gasteiger partial charge on any atom is 0.162 e. The standard InChI is InChI=1S/C21H31F2NO/c1-4-15-6-5-14(2)20(11-15)24-9-7-16(8-10-24)17-12-18(22)19(23)13-21(17)25-3/h12-16,20H,4-11H2,1-3H3/t14-,15-,20+/m1/s1. The highest BCUT2D eigenvalue weighted by Gasteiger charge is 2.34. The highest BCUT2D eigenvalue weighted by Crippen LogP contribution is 2.39. The highest BCUT2D eigenvalue weighted by molar-refractivity contribution is 5.38. The molecule has 25 heavy (non-hydrogen) atoms. The van der Waals surface area contributed by atoms with Gasteiger partial charge in [-0.2, -0.15) is 0 Å². The van der Waals surface area contributed by atoms with Gasteiger partial charge in [0.25, 0.3) is 0 Å². The van der Waals surface area contributed by atoms with Crippen LogP contribution in [0.25, 0.3) is 0 Å². The summed E-state index contributed by atoms with van der Waals surface area (Å²) in [6, 6.07) is 3.21. The second kappa shape index (κ2) is 8.03. The first-order valence-corrected chi connectivity index (χ1v) is 9.80. The second-order valence-electron chi connectivity index (χ2n) is 7.95. The summed E-state index contributed by atoms with van der Waals surface area (Å²) in [5.74, 6) is 0.753. The van der Waals surface area contributed by atoms with Gasteiger partial charge in [0.2, 0.25) is 0 Å². The van der Waals surface area contributed by atoms with Crippen LogP contribution in [0.5, 0.6) is 5.75 Å². The van der Waals surface area contributed by atoms with Crippen LogP contribution in [-0.2, 0) is 0 Å². The lowest BCUT2D eigenvalue weighted by atomic mass is 9.76. The molecule has 1 aliphatic heterocycles. The van der Waals surface area contributed by atoms with Crippen LogP contribution < -0.4 is 4.74 Å². The van der Waals surface area contributed by atoms with Crippen molar-refractivity contribution in [3.8, 4) is 5.75 Å². The van der Waals surface area contributed by atoms with Gasteiger partial charge in [-0.25, -0.2) is 8.78 Å². The molecule has 2 aliphatic rings. The summed E-state index contributed by atoms with van der Waals surface area (Å²) < 4.78 is 32.5. The fraction of sp³-hybridized carbons (Fsp3) is 0.714. The number of likely N-dealkylation sites (tertiary alicyclic amines) is 1. The number of rotatable bonds is 4. The summed E-state index contributed by atoms with van der Waals surface area (Å²) in [6.07, 6.45) is 7.28. The van der Waals surface area contributed by atoms with Gasteiger partial charge < -0.3 is 9.64 Å². The number of hydrogen-bond acceptors (Lipinski definition) is 2. The Hall–Kier alpha value is -1.16. The molecule has 0 spiro atoms. The van der Waals surface area contributed by atoms with Gasteiger partial charge in [-0.1, -0.05) is 26.7 Å². The largest absolute Gasteiger partial charge is 0.496 e. The molecule has 0 radical (unpaired) electrons. The van der Waals surface area contributed by atoms with Crippen LogP contribution in [0.15, 0.2) is 12.1 Å². The van der Waals surface area contributed by atoms with Crippen LogP contribution in [0, 0.1) is 23.5 Å². The monoisotopic (exact) mass is 351 g/mol. The van der Waals surface area contributed by atoms with E-state index in [0.29, 0.717) is 11.8 Å². The molecule has 1 saturated heterocycles. The van der Waals surface area contributed by atoms with Crippen molar-refractivity contribution in [3.05, 3.63) is 29.3 Å². The van der Waals surface area contributed by atoms with Crippen molar-refractivity contribution in [1.82, 2.24) is 4.90 Å². The number of nitrogens with zero attached hydrogens (tertiary/aromatic N) is 1.